The van der Waals surface area contributed by atoms with Crippen LogP contribution in [0, 0.1) is 6.92 Å². The van der Waals surface area contributed by atoms with Crippen molar-refractivity contribution in [3.05, 3.63) is 70.4 Å². The van der Waals surface area contributed by atoms with Crippen molar-refractivity contribution in [1.82, 2.24) is 9.88 Å². The molecule has 0 radical (unpaired) electrons. The number of fused-ring (bicyclic) bond motifs is 1. The zero-order chi connectivity index (χ0) is 16.2. The molecule has 0 aliphatic heterocycles. The van der Waals surface area contributed by atoms with Crippen molar-refractivity contribution in [3.63, 3.8) is 0 Å². The molecule has 0 saturated heterocycles. The quantitative estimate of drug-likeness (QED) is 0.788. The van der Waals surface area contributed by atoms with Gasteiger partial charge in [-0.05, 0) is 36.6 Å². The number of aryl methyl sites for hydroxylation is 2. The Bertz CT molecular complexity index is 879. The number of benzene rings is 1. The molecule has 0 atom stereocenters. The Hall–Kier alpha value is -2.82. The fraction of sp³-hybridized carbons (Fsp3) is 0.222. The van der Waals surface area contributed by atoms with E-state index in [0.717, 1.165) is 10.9 Å². The lowest BCUT2D eigenvalue weighted by molar-refractivity contribution is -0.121. The summed E-state index contributed by atoms with van der Waals surface area (Å²) in [4.78, 5) is 24.3. The summed E-state index contributed by atoms with van der Waals surface area (Å²) >= 11 is 0. The number of hydrogen-bond acceptors (Lipinski definition) is 3. The molecule has 0 spiro atoms. The molecule has 0 fully saturated rings. The van der Waals surface area contributed by atoms with E-state index in [0.29, 0.717) is 24.4 Å². The van der Waals surface area contributed by atoms with Crippen molar-refractivity contribution in [3.8, 4) is 0 Å². The number of aromatic nitrogens is 1. The minimum absolute atomic E-state index is 0.0532. The molecule has 0 bridgehead atoms. The van der Waals surface area contributed by atoms with Gasteiger partial charge in [0.15, 0.2) is 0 Å². The van der Waals surface area contributed by atoms with Crippen molar-refractivity contribution in [1.29, 1.82) is 0 Å². The standard InChI is InChI=1S/C18H18N2O3/c1-13-11-14-5-2-3-7-16(14)20(18(13)22)9-8-17(21)19-12-15-6-4-10-23-15/h2-7,10-11H,8-9,12H2,1H3,(H,19,21). The molecular formula is C18H18N2O3. The van der Waals surface area contributed by atoms with Crippen molar-refractivity contribution in [2.45, 2.75) is 26.4 Å². The molecule has 118 valence electrons. The predicted octanol–water partition coefficient (Wildman–Crippen LogP) is 2.61. The van der Waals surface area contributed by atoms with Gasteiger partial charge in [-0.1, -0.05) is 18.2 Å². The Balaban J connectivity index is 1.72. The van der Waals surface area contributed by atoms with Crippen molar-refractivity contribution in [2.75, 3.05) is 0 Å². The van der Waals surface area contributed by atoms with Gasteiger partial charge in [-0.2, -0.15) is 0 Å². The van der Waals surface area contributed by atoms with Gasteiger partial charge in [-0.15, -0.1) is 0 Å². The van der Waals surface area contributed by atoms with Crippen LogP contribution in [0.3, 0.4) is 0 Å². The third kappa shape index (κ3) is 3.34. The first kappa shape index (κ1) is 15.1. The summed E-state index contributed by atoms with van der Waals surface area (Å²) in [5.74, 6) is 0.593. The zero-order valence-corrected chi connectivity index (χ0v) is 12.9. The van der Waals surface area contributed by atoms with Crippen LogP contribution in [0.5, 0.6) is 0 Å². The smallest absolute Gasteiger partial charge is 0.253 e. The van der Waals surface area contributed by atoms with Gasteiger partial charge in [0.05, 0.1) is 18.3 Å². The van der Waals surface area contributed by atoms with Gasteiger partial charge in [0.2, 0.25) is 5.91 Å². The van der Waals surface area contributed by atoms with Crippen molar-refractivity contribution in [2.24, 2.45) is 0 Å². The first-order valence-corrected chi connectivity index (χ1v) is 7.53. The monoisotopic (exact) mass is 310 g/mol. The summed E-state index contributed by atoms with van der Waals surface area (Å²) in [6.07, 6.45) is 1.81. The summed E-state index contributed by atoms with van der Waals surface area (Å²) in [5.41, 5.74) is 1.48. The van der Waals surface area contributed by atoms with Gasteiger partial charge in [0.1, 0.15) is 5.76 Å². The number of hydrogen-bond donors (Lipinski definition) is 1. The number of amides is 1. The van der Waals surface area contributed by atoms with E-state index in [2.05, 4.69) is 5.32 Å². The highest BCUT2D eigenvalue weighted by Gasteiger charge is 2.09. The van der Waals surface area contributed by atoms with Gasteiger partial charge in [0.25, 0.3) is 5.56 Å². The molecule has 2 heterocycles. The fourth-order valence-corrected chi connectivity index (χ4v) is 2.60. The number of carbonyl (C=O) groups excluding carboxylic acids is 1. The largest absolute Gasteiger partial charge is 0.467 e. The second-order valence-corrected chi connectivity index (χ2v) is 5.45. The average Bonchev–Trinajstić information content (AvgIpc) is 3.07. The summed E-state index contributed by atoms with van der Waals surface area (Å²) in [5, 5.41) is 3.79. The van der Waals surface area contributed by atoms with E-state index in [4.69, 9.17) is 4.42 Å². The van der Waals surface area contributed by atoms with Crippen LogP contribution in [0.25, 0.3) is 10.9 Å². The van der Waals surface area contributed by atoms with Crippen molar-refractivity contribution < 1.29 is 9.21 Å². The maximum atomic E-state index is 12.4. The van der Waals surface area contributed by atoms with E-state index in [9.17, 15) is 9.59 Å². The second kappa shape index (κ2) is 6.52. The highest BCUT2D eigenvalue weighted by molar-refractivity contribution is 5.80. The molecule has 3 aromatic rings. The van der Waals surface area contributed by atoms with Crippen LogP contribution in [0.4, 0.5) is 0 Å². The summed E-state index contributed by atoms with van der Waals surface area (Å²) in [7, 11) is 0. The maximum Gasteiger partial charge on any atom is 0.253 e. The molecular weight excluding hydrogens is 292 g/mol. The van der Waals surface area contributed by atoms with Crippen LogP contribution in [-0.2, 0) is 17.9 Å². The Labute approximate surface area is 133 Å². The Morgan fingerprint density at radius 2 is 2.04 bits per heavy atom. The van der Waals surface area contributed by atoms with Crippen molar-refractivity contribution >= 4 is 16.8 Å². The second-order valence-electron chi connectivity index (χ2n) is 5.45. The van der Waals surface area contributed by atoms with Crippen LogP contribution >= 0.6 is 0 Å². The average molecular weight is 310 g/mol. The molecule has 0 unspecified atom stereocenters. The number of nitrogens with one attached hydrogen (secondary N) is 1. The Morgan fingerprint density at radius 3 is 2.83 bits per heavy atom. The van der Waals surface area contributed by atoms with E-state index >= 15 is 0 Å². The van der Waals surface area contributed by atoms with E-state index in [1.165, 1.54) is 0 Å². The zero-order valence-electron chi connectivity index (χ0n) is 12.9. The van der Waals surface area contributed by atoms with Crippen LogP contribution < -0.4 is 10.9 Å². The van der Waals surface area contributed by atoms with Gasteiger partial charge in [0, 0.05) is 18.5 Å². The lowest BCUT2D eigenvalue weighted by atomic mass is 10.1. The lowest BCUT2D eigenvalue weighted by Crippen LogP contribution is -2.28. The highest BCUT2D eigenvalue weighted by Crippen LogP contribution is 2.13. The van der Waals surface area contributed by atoms with Crippen LogP contribution in [-0.4, -0.2) is 10.5 Å². The van der Waals surface area contributed by atoms with Crippen LogP contribution in [0.1, 0.15) is 17.7 Å². The fourth-order valence-electron chi connectivity index (χ4n) is 2.60. The van der Waals surface area contributed by atoms with Crippen LogP contribution in [0.15, 0.2) is 57.9 Å². The SMILES string of the molecule is Cc1cc2ccccc2n(CCC(=O)NCc2ccco2)c1=O. The maximum absolute atomic E-state index is 12.4. The molecule has 5 heteroatoms. The molecule has 1 N–H and O–H groups in total. The van der Waals surface area contributed by atoms with Gasteiger partial charge < -0.3 is 14.3 Å². The number of rotatable bonds is 5. The molecule has 0 aliphatic carbocycles. The number of nitrogens with zero attached hydrogens (tertiary/aromatic N) is 1. The van der Waals surface area contributed by atoms with E-state index in [1.807, 2.05) is 30.3 Å². The molecule has 23 heavy (non-hydrogen) atoms. The summed E-state index contributed by atoms with van der Waals surface area (Å²) in [6.45, 7) is 2.50. The first-order chi connectivity index (χ1) is 11.1. The molecule has 3 rings (SSSR count). The third-order valence-electron chi connectivity index (χ3n) is 3.78. The molecule has 0 aliphatic rings. The Morgan fingerprint density at radius 1 is 1.22 bits per heavy atom. The molecule has 2 aromatic heterocycles. The molecule has 0 saturated carbocycles. The van der Waals surface area contributed by atoms with E-state index < -0.39 is 0 Å². The normalized spacial score (nSPS) is 10.8. The van der Waals surface area contributed by atoms with Gasteiger partial charge in [-0.25, -0.2) is 0 Å². The summed E-state index contributed by atoms with van der Waals surface area (Å²) < 4.78 is 6.83. The molecule has 5 nitrogen and oxygen atoms in total. The molecule has 1 aromatic carbocycles. The highest BCUT2D eigenvalue weighted by atomic mass is 16.3. The summed E-state index contributed by atoms with van der Waals surface area (Å²) in [6, 6.07) is 13.2. The Kier molecular flexibility index (Phi) is 4.28. The lowest BCUT2D eigenvalue weighted by Gasteiger charge is -2.11. The van der Waals surface area contributed by atoms with Crippen LogP contribution in [0.2, 0.25) is 0 Å². The molecule has 1 amide bonds. The first-order valence-electron chi connectivity index (χ1n) is 7.53. The number of pyridine rings is 1. The van der Waals surface area contributed by atoms with E-state index in [-0.39, 0.29) is 17.9 Å². The third-order valence-corrected chi connectivity index (χ3v) is 3.78. The minimum atomic E-state index is -0.112. The number of furan rings is 1. The minimum Gasteiger partial charge on any atom is -0.467 e. The van der Waals surface area contributed by atoms with E-state index in [1.54, 1.807) is 29.9 Å². The van der Waals surface area contributed by atoms with Gasteiger partial charge >= 0.3 is 0 Å². The number of para-hydroxylation sites is 1. The topological polar surface area (TPSA) is 64.2 Å². The van der Waals surface area contributed by atoms with Gasteiger partial charge in [-0.3, -0.25) is 9.59 Å². The predicted molar refractivity (Wildman–Crippen MR) is 88.1 cm³/mol. The number of carbonyl (C=O) groups is 1.